The molecular weight excluding hydrogens is 376 g/mol. The molecule has 0 aliphatic rings. The molecule has 0 unspecified atom stereocenters. The van der Waals surface area contributed by atoms with Gasteiger partial charge in [0.1, 0.15) is 17.2 Å². The maximum Gasteiger partial charge on any atom is 0.155 e. The van der Waals surface area contributed by atoms with Gasteiger partial charge in [0, 0.05) is 11.1 Å². The van der Waals surface area contributed by atoms with E-state index in [1.54, 1.807) is 12.1 Å². The van der Waals surface area contributed by atoms with Crippen LogP contribution in [0.25, 0.3) is 33.4 Å². The molecule has 0 saturated carbocycles. The molecule has 146 valence electrons. The molecule has 5 rings (SSSR count). The number of aromatic hydroxyl groups is 1. The number of hydrogen-bond acceptors (Lipinski definition) is 5. The second-order valence-corrected chi connectivity index (χ2v) is 6.87. The number of nitrogens with zero attached hydrogens (tertiary/aromatic N) is 2. The Hall–Kier alpha value is -4.32. The fourth-order valence-corrected chi connectivity index (χ4v) is 3.36. The summed E-state index contributed by atoms with van der Waals surface area (Å²) in [6, 6.07) is 26.2. The smallest absolute Gasteiger partial charge is 0.155 e. The zero-order valence-corrected chi connectivity index (χ0v) is 15.9. The lowest BCUT2D eigenvalue weighted by Gasteiger charge is -2.10. The van der Waals surface area contributed by atoms with Crippen molar-refractivity contribution in [1.82, 2.24) is 15.2 Å². The molecule has 2 aromatic heterocycles. The highest BCUT2D eigenvalue weighted by Crippen LogP contribution is 2.34. The lowest BCUT2D eigenvalue weighted by molar-refractivity contribution is 0.475. The molecule has 0 amide bonds. The summed E-state index contributed by atoms with van der Waals surface area (Å²) < 4.78 is 5.88. The standard InChI is InChI=1S/C24H18N4O2/c25-24-22-21(27-28-24)14-20(15-6-10-17(29)11-7-15)26-23(22)16-8-12-19(13-9-16)30-18-4-2-1-3-5-18/h1-14,29H,(H3,25,27,28). The number of para-hydroxylation sites is 1. The van der Waals surface area contributed by atoms with Crippen molar-refractivity contribution in [3.63, 3.8) is 0 Å². The first-order valence-corrected chi connectivity index (χ1v) is 9.45. The van der Waals surface area contributed by atoms with Crippen molar-refractivity contribution in [2.75, 3.05) is 5.73 Å². The van der Waals surface area contributed by atoms with Crippen molar-refractivity contribution >= 4 is 16.7 Å². The predicted molar refractivity (Wildman–Crippen MR) is 117 cm³/mol. The molecule has 0 aliphatic heterocycles. The van der Waals surface area contributed by atoms with Crippen LogP contribution in [0.2, 0.25) is 0 Å². The van der Waals surface area contributed by atoms with Crippen molar-refractivity contribution in [1.29, 1.82) is 0 Å². The molecule has 3 aromatic carbocycles. The number of phenolic OH excluding ortho intramolecular Hbond substituents is 1. The van der Waals surface area contributed by atoms with E-state index < -0.39 is 0 Å². The van der Waals surface area contributed by atoms with Crippen LogP contribution in [0, 0.1) is 0 Å². The average molecular weight is 394 g/mol. The molecule has 0 fully saturated rings. The molecule has 0 saturated heterocycles. The third-order valence-corrected chi connectivity index (χ3v) is 4.84. The highest BCUT2D eigenvalue weighted by Gasteiger charge is 2.15. The summed E-state index contributed by atoms with van der Waals surface area (Å²) in [5.41, 5.74) is 10.2. The number of benzene rings is 3. The zero-order chi connectivity index (χ0) is 20.5. The van der Waals surface area contributed by atoms with Crippen molar-refractivity contribution in [3.05, 3.63) is 84.9 Å². The first-order valence-electron chi connectivity index (χ1n) is 9.45. The Morgan fingerprint density at radius 3 is 2.20 bits per heavy atom. The number of aromatic amines is 1. The Bertz CT molecular complexity index is 1310. The minimum absolute atomic E-state index is 0.208. The fraction of sp³-hybridized carbons (Fsp3) is 0. The van der Waals surface area contributed by atoms with E-state index in [0.29, 0.717) is 5.82 Å². The summed E-state index contributed by atoms with van der Waals surface area (Å²) in [6.07, 6.45) is 0. The van der Waals surface area contributed by atoms with E-state index in [-0.39, 0.29) is 5.75 Å². The molecule has 4 N–H and O–H groups in total. The molecule has 30 heavy (non-hydrogen) atoms. The summed E-state index contributed by atoms with van der Waals surface area (Å²) >= 11 is 0. The molecular formula is C24H18N4O2. The van der Waals surface area contributed by atoms with E-state index in [1.165, 1.54) is 0 Å². The number of pyridine rings is 1. The monoisotopic (exact) mass is 394 g/mol. The number of H-pyrrole nitrogens is 1. The number of ether oxygens (including phenoxy) is 1. The summed E-state index contributed by atoms with van der Waals surface area (Å²) in [7, 11) is 0. The highest BCUT2D eigenvalue weighted by atomic mass is 16.5. The average Bonchev–Trinajstić information content (AvgIpc) is 3.16. The van der Waals surface area contributed by atoms with Crippen LogP contribution in [0.3, 0.4) is 0 Å². The van der Waals surface area contributed by atoms with Crippen LogP contribution in [-0.4, -0.2) is 20.3 Å². The lowest BCUT2D eigenvalue weighted by atomic mass is 10.0. The normalized spacial score (nSPS) is 10.9. The Kier molecular flexibility index (Phi) is 4.29. The third kappa shape index (κ3) is 3.31. The van der Waals surface area contributed by atoms with Gasteiger partial charge in [0.25, 0.3) is 0 Å². The van der Waals surface area contributed by atoms with Gasteiger partial charge in [0.05, 0.1) is 22.3 Å². The second-order valence-electron chi connectivity index (χ2n) is 6.87. The number of aromatic nitrogens is 3. The molecule has 0 atom stereocenters. The van der Waals surface area contributed by atoms with Gasteiger partial charge in [0.2, 0.25) is 0 Å². The molecule has 6 heteroatoms. The number of fused-ring (bicyclic) bond motifs is 1. The number of anilines is 1. The van der Waals surface area contributed by atoms with Crippen LogP contribution in [0.4, 0.5) is 5.82 Å². The Labute approximate surface area is 172 Å². The number of hydrogen-bond donors (Lipinski definition) is 3. The lowest BCUT2D eigenvalue weighted by Crippen LogP contribution is -1.93. The van der Waals surface area contributed by atoms with E-state index in [0.717, 1.165) is 44.9 Å². The molecule has 0 spiro atoms. The van der Waals surface area contributed by atoms with Gasteiger partial charge < -0.3 is 15.6 Å². The van der Waals surface area contributed by atoms with Gasteiger partial charge in [-0.3, -0.25) is 5.10 Å². The van der Waals surface area contributed by atoms with Gasteiger partial charge in [-0.05, 0) is 66.7 Å². The molecule has 5 aromatic rings. The predicted octanol–water partition coefficient (Wildman–Crippen LogP) is 5.37. The summed E-state index contributed by atoms with van der Waals surface area (Å²) in [5, 5.41) is 17.5. The quantitative estimate of drug-likeness (QED) is 0.381. The largest absolute Gasteiger partial charge is 0.508 e. The van der Waals surface area contributed by atoms with Gasteiger partial charge >= 0.3 is 0 Å². The van der Waals surface area contributed by atoms with Crippen LogP contribution in [-0.2, 0) is 0 Å². The summed E-state index contributed by atoms with van der Waals surface area (Å²) in [5.74, 6) is 2.12. The van der Waals surface area contributed by atoms with Crippen LogP contribution < -0.4 is 10.5 Å². The fourth-order valence-electron chi connectivity index (χ4n) is 3.36. The van der Waals surface area contributed by atoms with Crippen molar-refractivity contribution in [3.8, 4) is 39.8 Å². The maximum atomic E-state index is 9.58. The number of nitrogens with one attached hydrogen (secondary N) is 1. The van der Waals surface area contributed by atoms with Gasteiger partial charge in [0.15, 0.2) is 5.82 Å². The summed E-state index contributed by atoms with van der Waals surface area (Å²) in [6.45, 7) is 0. The molecule has 2 heterocycles. The molecule has 0 bridgehead atoms. The number of phenols is 1. The second kappa shape index (κ2) is 7.25. The van der Waals surface area contributed by atoms with E-state index in [1.807, 2.05) is 72.8 Å². The van der Waals surface area contributed by atoms with Crippen molar-refractivity contribution < 1.29 is 9.84 Å². The number of nitrogen functional groups attached to an aromatic ring is 1. The van der Waals surface area contributed by atoms with E-state index in [4.69, 9.17) is 15.5 Å². The first kappa shape index (κ1) is 17.8. The summed E-state index contributed by atoms with van der Waals surface area (Å²) in [4.78, 5) is 4.86. The minimum Gasteiger partial charge on any atom is -0.508 e. The molecule has 6 nitrogen and oxygen atoms in total. The van der Waals surface area contributed by atoms with E-state index in [9.17, 15) is 5.11 Å². The van der Waals surface area contributed by atoms with Crippen LogP contribution in [0.15, 0.2) is 84.9 Å². The zero-order valence-electron chi connectivity index (χ0n) is 15.9. The number of nitrogens with two attached hydrogens (primary N) is 1. The Morgan fingerprint density at radius 2 is 1.47 bits per heavy atom. The number of rotatable bonds is 4. The minimum atomic E-state index is 0.208. The van der Waals surface area contributed by atoms with Crippen molar-refractivity contribution in [2.45, 2.75) is 0 Å². The van der Waals surface area contributed by atoms with E-state index in [2.05, 4.69) is 10.2 Å². The van der Waals surface area contributed by atoms with Crippen LogP contribution in [0.1, 0.15) is 0 Å². The van der Waals surface area contributed by atoms with E-state index >= 15 is 0 Å². The SMILES string of the molecule is Nc1n[nH]c2cc(-c3ccc(O)cc3)nc(-c3ccc(Oc4ccccc4)cc3)c12. The third-order valence-electron chi connectivity index (χ3n) is 4.84. The van der Waals surface area contributed by atoms with Gasteiger partial charge in [-0.25, -0.2) is 4.98 Å². The highest BCUT2D eigenvalue weighted by molar-refractivity contribution is 6.01. The Morgan fingerprint density at radius 1 is 0.800 bits per heavy atom. The van der Waals surface area contributed by atoms with Gasteiger partial charge in [-0.15, -0.1) is 0 Å². The topological polar surface area (TPSA) is 97.0 Å². The van der Waals surface area contributed by atoms with Gasteiger partial charge in [-0.2, -0.15) is 5.10 Å². The molecule has 0 radical (unpaired) electrons. The maximum absolute atomic E-state index is 9.58. The van der Waals surface area contributed by atoms with Crippen molar-refractivity contribution in [2.24, 2.45) is 0 Å². The van der Waals surface area contributed by atoms with Crippen LogP contribution >= 0.6 is 0 Å². The van der Waals surface area contributed by atoms with Gasteiger partial charge in [-0.1, -0.05) is 18.2 Å². The Balaban J connectivity index is 1.57. The van der Waals surface area contributed by atoms with Crippen LogP contribution in [0.5, 0.6) is 17.2 Å². The first-order chi connectivity index (χ1) is 14.7. The molecule has 0 aliphatic carbocycles.